The largest absolute Gasteiger partial charge is 0.462 e. The molecule has 53 heavy (non-hydrogen) atoms. The average molecular weight is 745 g/mol. The van der Waals surface area contributed by atoms with Gasteiger partial charge in [-0.1, -0.05) is 166 Å². The zero-order chi connectivity index (χ0) is 38.7. The summed E-state index contributed by atoms with van der Waals surface area (Å²) >= 11 is 0. The van der Waals surface area contributed by atoms with Crippen LogP contribution in [0.15, 0.2) is 36.5 Å². The van der Waals surface area contributed by atoms with Gasteiger partial charge in [0.05, 0.1) is 0 Å². The zero-order valence-electron chi connectivity index (χ0n) is 35.0. The Balaban J connectivity index is 4.31. The highest BCUT2D eigenvalue weighted by Gasteiger charge is 2.19. The van der Waals surface area contributed by atoms with E-state index in [2.05, 4.69) is 57.2 Å². The quantitative estimate of drug-likeness (QED) is 0.0269. The number of carbonyl (C=O) groups excluding carboxylic acids is 3. The molecule has 0 aromatic carbocycles. The fraction of sp³-hybridized carbons (Fsp3) is 0.809. The van der Waals surface area contributed by atoms with E-state index in [1.54, 1.807) is 0 Å². The molecule has 0 aromatic heterocycles. The Morgan fingerprint density at radius 1 is 0.377 bits per heavy atom. The molecule has 1 unspecified atom stereocenters. The normalized spacial score (nSPS) is 12.3. The third kappa shape index (κ3) is 40.6. The molecule has 0 aliphatic rings. The summed E-state index contributed by atoms with van der Waals surface area (Å²) in [6.07, 6.45) is 47.1. The second-order valence-corrected chi connectivity index (χ2v) is 15.0. The van der Waals surface area contributed by atoms with Crippen molar-refractivity contribution in [3.05, 3.63) is 36.5 Å². The van der Waals surface area contributed by atoms with E-state index < -0.39 is 6.10 Å². The molecule has 0 saturated heterocycles. The van der Waals surface area contributed by atoms with Gasteiger partial charge in [0.25, 0.3) is 0 Å². The van der Waals surface area contributed by atoms with Crippen molar-refractivity contribution in [3.8, 4) is 0 Å². The molecule has 0 aromatic rings. The standard InChI is InChI=1S/C47H84O6/c1-4-7-10-13-16-18-20-22-24-26-27-29-31-34-37-40-46(49)52-43-44(42-51-45(48)39-36-33-15-12-9-6-3)53-47(50)41-38-35-32-30-28-25-23-21-19-17-14-11-8-5-2/h16,18,21-24,44H,4-15,17,19-20,25-43H2,1-3H3/b18-16-,23-21-,24-22-. The van der Waals surface area contributed by atoms with Crippen LogP contribution in [0.4, 0.5) is 0 Å². The Morgan fingerprint density at radius 3 is 1.09 bits per heavy atom. The lowest BCUT2D eigenvalue weighted by molar-refractivity contribution is -0.167. The summed E-state index contributed by atoms with van der Waals surface area (Å²) in [5, 5.41) is 0. The van der Waals surface area contributed by atoms with Crippen LogP contribution in [0.5, 0.6) is 0 Å². The Labute approximate surface area is 327 Å². The highest BCUT2D eigenvalue weighted by atomic mass is 16.6. The van der Waals surface area contributed by atoms with Gasteiger partial charge in [-0.2, -0.15) is 0 Å². The first kappa shape index (κ1) is 50.6. The van der Waals surface area contributed by atoms with E-state index in [0.717, 1.165) is 89.9 Å². The van der Waals surface area contributed by atoms with Crippen LogP contribution in [0.1, 0.15) is 226 Å². The number of allylic oxidation sites excluding steroid dienone is 6. The van der Waals surface area contributed by atoms with Gasteiger partial charge in [-0.15, -0.1) is 0 Å². The van der Waals surface area contributed by atoms with Gasteiger partial charge in [-0.05, 0) is 77.0 Å². The van der Waals surface area contributed by atoms with E-state index >= 15 is 0 Å². The molecule has 0 saturated carbocycles. The summed E-state index contributed by atoms with van der Waals surface area (Å²) in [5.74, 6) is -0.912. The van der Waals surface area contributed by atoms with Crippen molar-refractivity contribution in [2.45, 2.75) is 232 Å². The monoisotopic (exact) mass is 745 g/mol. The third-order valence-electron chi connectivity index (χ3n) is 9.62. The molecule has 0 amide bonds. The Kier molecular flexibility index (Phi) is 40.5. The molecule has 0 heterocycles. The predicted octanol–water partition coefficient (Wildman–Crippen LogP) is 14.2. The molecular formula is C47H84O6. The number of hydrogen-bond donors (Lipinski definition) is 0. The molecule has 1 atom stereocenters. The lowest BCUT2D eigenvalue weighted by atomic mass is 10.1. The molecule has 0 radical (unpaired) electrons. The maximum absolute atomic E-state index is 12.7. The van der Waals surface area contributed by atoms with Crippen LogP contribution in [0.25, 0.3) is 0 Å². The Hall–Kier alpha value is -2.37. The molecule has 0 N–H and O–H groups in total. The summed E-state index contributed by atoms with van der Waals surface area (Å²) in [7, 11) is 0. The molecule has 6 heteroatoms. The lowest BCUT2D eigenvalue weighted by Crippen LogP contribution is -2.30. The number of unbranched alkanes of at least 4 members (excludes halogenated alkanes) is 23. The number of hydrogen-bond acceptors (Lipinski definition) is 6. The number of carbonyl (C=O) groups is 3. The third-order valence-corrected chi connectivity index (χ3v) is 9.62. The second kappa shape index (κ2) is 42.4. The number of rotatable bonds is 40. The minimum Gasteiger partial charge on any atom is -0.462 e. The Bertz CT molecular complexity index is 907. The van der Waals surface area contributed by atoms with Crippen molar-refractivity contribution in [1.82, 2.24) is 0 Å². The van der Waals surface area contributed by atoms with Crippen molar-refractivity contribution < 1.29 is 28.6 Å². The van der Waals surface area contributed by atoms with Crippen LogP contribution in [0.3, 0.4) is 0 Å². The van der Waals surface area contributed by atoms with Gasteiger partial charge in [-0.3, -0.25) is 14.4 Å². The summed E-state index contributed by atoms with van der Waals surface area (Å²) < 4.78 is 16.6. The van der Waals surface area contributed by atoms with Gasteiger partial charge < -0.3 is 14.2 Å². The van der Waals surface area contributed by atoms with Crippen molar-refractivity contribution in [2.75, 3.05) is 13.2 Å². The lowest BCUT2D eigenvalue weighted by Gasteiger charge is -2.18. The van der Waals surface area contributed by atoms with Gasteiger partial charge in [-0.25, -0.2) is 0 Å². The smallest absolute Gasteiger partial charge is 0.306 e. The predicted molar refractivity (Wildman–Crippen MR) is 224 cm³/mol. The fourth-order valence-electron chi connectivity index (χ4n) is 6.17. The minimum absolute atomic E-state index is 0.0797. The molecule has 0 rings (SSSR count). The average Bonchev–Trinajstić information content (AvgIpc) is 3.15. The van der Waals surface area contributed by atoms with Crippen molar-refractivity contribution >= 4 is 17.9 Å². The molecule has 0 aliphatic heterocycles. The van der Waals surface area contributed by atoms with Crippen molar-refractivity contribution in [1.29, 1.82) is 0 Å². The minimum atomic E-state index is -0.775. The summed E-state index contributed by atoms with van der Waals surface area (Å²) in [4.78, 5) is 37.5. The van der Waals surface area contributed by atoms with Crippen LogP contribution in [-0.4, -0.2) is 37.2 Å². The summed E-state index contributed by atoms with van der Waals surface area (Å²) in [6, 6.07) is 0. The fourth-order valence-corrected chi connectivity index (χ4v) is 6.17. The van der Waals surface area contributed by atoms with Crippen LogP contribution in [0, 0.1) is 0 Å². The van der Waals surface area contributed by atoms with E-state index in [1.807, 2.05) is 0 Å². The topological polar surface area (TPSA) is 78.9 Å². The summed E-state index contributed by atoms with van der Waals surface area (Å²) in [6.45, 7) is 6.51. The maximum Gasteiger partial charge on any atom is 0.306 e. The van der Waals surface area contributed by atoms with E-state index in [-0.39, 0.29) is 31.1 Å². The Morgan fingerprint density at radius 2 is 0.679 bits per heavy atom. The van der Waals surface area contributed by atoms with Crippen molar-refractivity contribution in [2.24, 2.45) is 0 Å². The van der Waals surface area contributed by atoms with E-state index in [4.69, 9.17) is 14.2 Å². The molecule has 0 aliphatic carbocycles. The first-order chi connectivity index (χ1) is 26.0. The van der Waals surface area contributed by atoms with Gasteiger partial charge in [0, 0.05) is 19.3 Å². The van der Waals surface area contributed by atoms with Gasteiger partial charge in [0.2, 0.25) is 0 Å². The molecule has 6 nitrogen and oxygen atoms in total. The summed E-state index contributed by atoms with van der Waals surface area (Å²) in [5.41, 5.74) is 0. The van der Waals surface area contributed by atoms with Gasteiger partial charge in [0.1, 0.15) is 13.2 Å². The second-order valence-electron chi connectivity index (χ2n) is 15.0. The highest BCUT2D eigenvalue weighted by molar-refractivity contribution is 5.71. The maximum atomic E-state index is 12.7. The molecule has 0 bridgehead atoms. The van der Waals surface area contributed by atoms with E-state index in [0.29, 0.717) is 19.3 Å². The van der Waals surface area contributed by atoms with Gasteiger partial charge in [0.15, 0.2) is 6.10 Å². The molecule has 0 fully saturated rings. The highest BCUT2D eigenvalue weighted by Crippen LogP contribution is 2.13. The number of esters is 3. The van der Waals surface area contributed by atoms with E-state index in [9.17, 15) is 14.4 Å². The van der Waals surface area contributed by atoms with Crippen LogP contribution in [-0.2, 0) is 28.6 Å². The first-order valence-corrected chi connectivity index (χ1v) is 22.5. The molecule has 0 spiro atoms. The first-order valence-electron chi connectivity index (χ1n) is 22.5. The number of ether oxygens (including phenoxy) is 3. The zero-order valence-corrected chi connectivity index (χ0v) is 35.0. The van der Waals surface area contributed by atoms with E-state index in [1.165, 1.54) is 96.3 Å². The van der Waals surface area contributed by atoms with Crippen LogP contribution < -0.4 is 0 Å². The molecular weight excluding hydrogens is 661 g/mol. The SMILES string of the molecule is CCCCC/C=C\C/C=C\CCCCCCCC(=O)OCC(COC(=O)CCCCCCCC)OC(=O)CCCCCCC/C=C\CCCCCCC. The van der Waals surface area contributed by atoms with Gasteiger partial charge >= 0.3 is 17.9 Å². The molecule has 308 valence electrons. The van der Waals surface area contributed by atoms with Crippen molar-refractivity contribution in [3.63, 3.8) is 0 Å². The van der Waals surface area contributed by atoms with Crippen LogP contribution >= 0.6 is 0 Å². The van der Waals surface area contributed by atoms with Crippen LogP contribution in [0.2, 0.25) is 0 Å².